The fourth-order valence-corrected chi connectivity index (χ4v) is 3.83. The molecule has 0 aliphatic carbocycles. The third kappa shape index (κ3) is 6.18. The molecule has 0 amide bonds. The third-order valence-electron chi connectivity index (χ3n) is 5.71. The number of carboxylic acids is 1. The number of oxazole rings is 1. The summed E-state index contributed by atoms with van der Waals surface area (Å²) < 4.78 is 11.3. The normalized spacial score (nSPS) is 11.8. The van der Waals surface area contributed by atoms with E-state index < -0.39 is 5.97 Å². The van der Waals surface area contributed by atoms with E-state index >= 15 is 0 Å². The van der Waals surface area contributed by atoms with Crippen molar-refractivity contribution in [2.45, 2.75) is 32.6 Å². The Labute approximate surface area is 208 Å². The number of benzene rings is 2. The largest absolute Gasteiger partial charge is 0.495 e. The fraction of sp³-hybridized carbons (Fsp3) is 0.259. The number of ketones is 1. The molecule has 1 unspecified atom stereocenters. The van der Waals surface area contributed by atoms with Gasteiger partial charge in [0.2, 0.25) is 0 Å². The van der Waals surface area contributed by atoms with Crippen LogP contribution in [0.4, 0.5) is 17.4 Å². The van der Waals surface area contributed by atoms with Crippen molar-refractivity contribution in [3.05, 3.63) is 71.5 Å². The molecule has 0 aliphatic heterocycles. The average molecular weight is 489 g/mol. The number of carboxylic acid groups (broad SMARTS) is 1. The molecule has 3 N–H and O–H groups in total. The van der Waals surface area contributed by atoms with Crippen molar-refractivity contribution in [3.63, 3.8) is 0 Å². The summed E-state index contributed by atoms with van der Waals surface area (Å²) in [6.07, 6.45) is 1.87. The molecule has 0 bridgehead atoms. The van der Waals surface area contributed by atoms with E-state index in [1.54, 1.807) is 25.4 Å². The first-order valence-corrected chi connectivity index (χ1v) is 11.5. The van der Waals surface area contributed by atoms with E-state index in [2.05, 4.69) is 20.6 Å². The summed E-state index contributed by atoms with van der Waals surface area (Å²) in [7, 11) is 1.61. The second kappa shape index (κ2) is 10.9. The molecule has 0 spiro atoms. The van der Waals surface area contributed by atoms with Crippen LogP contribution in [0.15, 0.2) is 59.1 Å². The molecule has 0 fully saturated rings. The Kier molecular flexibility index (Phi) is 7.48. The highest BCUT2D eigenvalue weighted by Gasteiger charge is 2.13. The van der Waals surface area contributed by atoms with Crippen molar-refractivity contribution in [3.8, 4) is 5.75 Å². The predicted molar refractivity (Wildman–Crippen MR) is 137 cm³/mol. The highest BCUT2D eigenvalue weighted by Crippen LogP contribution is 2.30. The van der Waals surface area contributed by atoms with Crippen LogP contribution in [0, 0.1) is 6.92 Å². The van der Waals surface area contributed by atoms with Gasteiger partial charge in [-0.25, -0.2) is 0 Å². The summed E-state index contributed by atoms with van der Waals surface area (Å²) in [4.78, 5) is 32.2. The third-order valence-corrected chi connectivity index (χ3v) is 5.71. The van der Waals surface area contributed by atoms with Gasteiger partial charge in [-0.15, -0.1) is 0 Å². The maximum Gasteiger partial charge on any atom is 0.304 e. The van der Waals surface area contributed by atoms with Crippen LogP contribution >= 0.6 is 0 Å². The number of ether oxygens (including phenoxy) is 1. The lowest BCUT2D eigenvalue weighted by atomic mass is 10.0. The number of fused-ring (bicyclic) bond motifs is 1. The van der Waals surface area contributed by atoms with Crippen LogP contribution in [-0.2, 0) is 16.0 Å². The summed E-state index contributed by atoms with van der Waals surface area (Å²) in [6, 6.07) is 15.2. The zero-order valence-electron chi connectivity index (χ0n) is 20.4. The Balaban J connectivity index is 1.35. The number of rotatable bonds is 11. The summed E-state index contributed by atoms with van der Waals surface area (Å²) in [6.45, 7) is 3.94. The number of anilines is 3. The topological polar surface area (TPSA) is 127 Å². The van der Waals surface area contributed by atoms with Gasteiger partial charge in [0.1, 0.15) is 11.3 Å². The van der Waals surface area contributed by atoms with Gasteiger partial charge in [0.25, 0.3) is 6.01 Å². The minimum absolute atomic E-state index is 0.0000303. The molecule has 9 nitrogen and oxygen atoms in total. The molecule has 36 heavy (non-hydrogen) atoms. The molecular weight excluding hydrogens is 460 g/mol. The number of nitrogens with zero attached hydrogens (tertiary/aromatic N) is 2. The van der Waals surface area contributed by atoms with Crippen molar-refractivity contribution in [1.82, 2.24) is 9.97 Å². The number of aliphatic carboxylic acids is 1. The molecule has 1 atom stereocenters. The Morgan fingerprint density at radius 3 is 2.69 bits per heavy atom. The molecule has 0 radical (unpaired) electrons. The number of hydrogen-bond acceptors (Lipinski definition) is 8. The molecular formula is C27H28N4O5. The van der Waals surface area contributed by atoms with E-state index in [1.165, 1.54) is 0 Å². The smallest absolute Gasteiger partial charge is 0.304 e. The van der Waals surface area contributed by atoms with Gasteiger partial charge in [0.05, 0.1) is 37.6 Å². The Morgan fingerprint density at radius 1 is 1.14 bits per heavy atom. The summed E-state index contributed by atoms with van der Waals surface area (Å²) in [5.74, 6) is -0.361. The van der Waals surface area contributed by atoms with Crippen LogP contribution in [0.3, 0.4) is 0 Å². The van der Waals surface area contributed by atoms with Crippen LogP contribution in [0.1, 0.15) is 36.1 Å². The summed E-state index contributed by atoms with van der Waals surface area (Å²) >= 11 is 0. The fourth-order valence-electron chi connectivity index (χ4n) is 3.83. The number of aromatic nitrogens is 2. The van der Waals surface area contributed by atoms with Crippen molar-refractivity contribution in [2.24, 2.45) is 0 Å². The number of carbonyl (C=O) groups excluding carboxylic acids is 1. The van der Waals surface area contributed by atoms with E-state index in [0.29, 0.717) is 34.2 Å². The SMILES string of the molecule is COc1ccc(C)cc1Nc1nc2ccc(CC(=O)CNc3ccc(C(C)CC(=O)O)nc3)cc2o1. The van der Waals surface area contributed by atoms with Crippen LogP contribution < -0.4 is 15.4 Å². The minimum atomic E-state index is -0.861. The van der Waals surface area contributed by atoms with Crippen LogP contribution in [0.25, 0.3) is 11.1 Å². The molecule has 0 saturated carbocycles. The number of methoxy groups -OCH3 is 1. The number of nitrogens with one attached hydrogen (secondary N) is 2. The lowest BCUT2D eigenvalue weighted by Crippen LogP contribution is -2.16. The number of aryl methyl sites for hydroxylation is 1. The van der Waals surface area contributed by atoms with Gasteiger partial charge in [-0.05, 0) is 54.4 Å². The van der Waals surface area contributed by atoms with Gasteiger partial charge in [0, 0.05) is 18.0 Å². The average Bonchev–Trinajstić information content (AvgIpc) is 3.24. The zero-order valence-corrected chi connectivity index (χ0v) is 20.4. The van der Waals surface area contributed by atoms with Crippen molar-refractivity contribution in [1.29, 1.82) is 0 Å². The monoisotopic (exact) mass is 488 g/mol. The Bertz CT molecular complexity index is 1380. The predicted octanol–water partition coefficient (Wildman–Crippen LogP) is 5.09. The lowest BCUT2D eigenvalue weighted by molar-refractivity contribution is -0.137. The second-order valence-electron chi connectivity index (χ2n) is 8.69. The number of carbonyl (C=O) groups is 2. The van der Waals surface area contributed by atoms with Gasteiger partial charge in [0.15, 0.2) is 11.4 Å². The van der Waals surface area contributed by atoms with E-state index in [4.69, 9.17) is 14.3 Å². The van der Waals surface area contributed by atoms with Crippen LogP contribution in [0.5, 0.6) is 5.75 Å². The first-order chi connectivity index (χ1) is 17.3. The van der Waals surface area contributed by atoms with Gasteiger partial charge in [-0.2, -0.15) is 4.98 Å². The Hall–Kier alpha value is -4.40. The quantitative estimate of drug-likeness (QED) is 0.265. The van der Waals surface area contributed by atoms with Crippen molar-refractivity contribution >= 4 is 40.2 Å². The van der Waals surface area contributed by atoms with Gasteiger partial charge in [-0.1, -0.05) is 19.1 Å². The molecule has 2 aromatic heterocycles. The minimum Gasteiger partial charge on any atom is -0.495 e. The van der Waals surface area contributed by atoms with Crippen molar-refractivity contribution in [2.75, 3.05) is 24.3 Å². The number of Topliss-reactive ketones (excluding diaryl/α,β-unsaturated/α-hetero) is 1. The maximum absolute atomic E-state index is 12.5. The highest BCUT2D eigenvalue weighted by atomic mass is 16.5. The lowest BCUT2D eigenvalue weighted by Gasteiger charge is -2.10. The second-order valence-corrected chi connectivity index (χ2v) is 8.69. The molecule has 0 aliphatic rings. The van der Waals surface area contributed by atoms with Crippen LogP contribution in [-0.4, -0.2) is 40.5 Å². The van der Waals surface area contributed by atoms with Crippen LogP contribution in [0.2, 0.25) is 0 Å². The maximum atomic E-state index is 12.5. The number of pyridine rings is 1. The van der Waals surface area contributed by atoms with E-state index in [1.807, 2.05) is 50.2 Å². The molecule has 2 aromatic carbocycles. The van der Waals surface area contributed by atoms with Gasteiger partial charge < -0.3 is 24.9 Å². The molecule has 0 saturated heterocycles. The van der Waals surface area contributed by atoms with Gasteiger partial charge in [-0.3, -0.25) is 14.6 Å². The summed E-state index contributed by atoms with van der Waals surface area (Å²) in [5, 5.41) is 15.1. The van der Waals surface area contributed by atoms with Gasteiger partial charge >= 0.3 is 5.97 Å². The molecule has 4 aromatic rings. The first kappa shape index (κ1) is 24.7. The molecule has 9 heteroatoms. The summed E-state index contributed by atoms with van der Waals surface area (Å²) in [5.41, 5.74) is 5.31. The highest BCUT2D eigenvalue weighted by molar-refractivity contribution is 5.86. The Morgan fingerprint density at radius 2 is 1.97 bits per heavy atom. The van der Waals surface area contributed by atoms with E-state index in [-0.39, 0.29) is 31.1 Å². The van der Waals surface area contributed by atoms with Crippen molar-refractivity contribution < 1.29 is 23.8 Å². The first-order valence-electron chi connectivity index (χ1n) is 11.5. The standard InChI is InChI=1S/C27H28N4O5/c1-16-4-9-24(35-3)23(10-16)31-27-30-22-7-5-18(13-25(22)36-27)12-20(32)15-28-19-6-8-21(29-14-19)17(2)11-26(33)34/h4-10,13-14,17,28H,11-12,15H2,1-3H3,(H,30,31)(H,33,34). The molecule has 186 valence electrons. The van der Waals surface area contributed by atoms with E-state index in [9.17, 15) is 9.59 Å². The number of hydrogen-bond donors (Lipinski definition) is 3. The molecule has 4 rings (SSSR count). The molecule has 2 heterocycles. The zero-order chi connectivity index (χ0) is 25.7. The van der Waals surface area contributed by atoms with E-state index in [0.717, 1.165) is 16.8 Å².